The predicted octanol–water partition coefficient (Wildman–Crippen LogP) is 3.05. The maximum absolute atomic E-state index is 12.4. The number of urea groups is 1. The van der Waals surface area contributed by atoms with Crippen LogP contribution in [0.2, 0.25) is 0 Å². The first-order chi connectivity index (χ1) is 13.5. The molecule has 3 rings (SSSR count). The van der Waals surface area contributed by atoms with Crippen LogP contribution in [0.25, 0.3) is 11.5 Å². The van der Waals surface area contributed by atoms with Crippen molar-refractivity contribution < 1.29 is 18.7 Å². The summed E-state index contributed by atoms with van der Waals surface area (Å²) in [7, 11) is 0. The number of aryl methyl sites for hydroxylation is 1. The molecule has 0 radical (unpaired) electrons. The highest BCUT2D eigenvalue weighted by atomic mass is 32.2. The Labute approximate surface area is 167 Å². The molecule has 1 aliphatic heterocycles. The van der Waals surface area contributed by atoms with Crippen molar-refractivity contribution in [2.24, 2.45) is 0 Å². The van der Waals surface area contributed by atoms with Crippen molar-refractivity contribution >= 4 is 23.8 Å². The quantitative estimate of drug-likeness (QED) is 0.541. The molecule has 1 aromatic carbocycles. The summed E-state index contributed by atoms with van der Waals surface area (Å²) >= 11 is 1.25. The van der Waals surface area contributed by atoms with E-state index in [-0.39, 0.29) is 12.6 Å². The van der Waals surface area contributed by atoms with E-state index in [1.165, 1.54) is 11.8 Å². The Kier molecular flexibility index (Phi) is 6.35. The van der Waals surface area contributed by atoms with Gasteiger partial charge in [0.1, 0.15) is 0 Å². The second kappa shape index (κ2) is 8.92. The third kappa shape index (κ3) is 4.53. The molecular formula is C19H22N4O4S. The summed E-state index contributed by atoms with van der Waals surface area (Å²) in [5, 5.41) is 13.9. The smallest absolute Gasteiger partial charge is 0.337 e. The Morgan fingerprint density at radius 1 is 1.32 bits per heavy atom. The SMILES string of the molecule is CCOC(=O)C1=C(CSc2nnc(-c3cccc(C)c3)o2)NC(=O)N[C@H]1CC. The first-order valence-electron chi connectivity index (χ1n) is 9.02. The van der Waals surface area contributed by atoms with Gasteiger partial charge >= 0.3 is 12.0 Å². The molecule has 0 spiro atoms. The van der Waals surface area contributed by atoms with Gasteiger partial charge in [0.25, 0.3) is 5.22 Å². The number of carbonyl (C=O) groups excluding carboxylic acids is 2. The molecule has 1 aromatic heterocycles. The molecule has 1 aliphatic rings. The largest absolute Gasteiger partial charge is 0.463 e. The lowest BCUT2D eigenvalue weighted by Gasteiger charge is -2.28. The molecule has 148 valence electrons. The van der Waals surface area contributed by atoms with Crippen LogP contribution in [0, 0.1) is 6.92 Å². The lowest BCUT2D eigenvalue weighted by Crippen LogP contribution is -2.50. The topological polar surface area (TPSA) is 106 Å². The fourth-order valence-corrected chi connectivity index (χ4v) is 3.60. The predicted molar refractivity (Wildman–Crippen MR) is 105 cm³/mol. The van der Waals surface area contributed by atoms with Crippen LogP contribution in [0.15, 0.2) is 45.2 Å². The average Bonchev–Trinajstić information content (AvgIpc) is 3.15. The van der Waals surface area contributed by atoms with Crippen LogP contribution in [0.5, 0.6) is 0 Å². The van der Waals surface area contributed by atoms with Gasteiger partial charge in [0.15, 0.2) is 0 Å². The molecule has 0 saturated carbocycles. The fourth-order valence-electron chi connectivity index (χ4n) is 2.87. The van der Waals surface area contributed by atoms with Crippen LogP contribution in [-0.4, -0.2) is 40.6 Å². The van der Waals surface area contributed by atoms with Crippen LogP contribution in [-0.2, 0) is 9.53 Å². The van der Waals surface area contributed by atoms with E-state index in [1.54, 1.807) is 6.92 Å². The van der Waals surface area contributed by atoms with Crippen molar-refractivity contribution in [3.05, 3.63) is 41.1 Å². The maximum atomic E-state index is 12.4. The van der Waals surface area contributed by atoms with Gasteiger partial charge in [-0.25, -0.2) is 9.59 Å². The number of benzene rings is 1. The standard InChI is InChI=1S/C19H22N4O4S/c1-4-13-15(17(24)26-5-2)14(21-18(25)20-13)10-28-19-23-22-16(27-19)12-8-6-7-11(3)9-12/h6-9,13H,4-5,10H2,1-3H3,(H2,20,21,25)/t13-/m0/s1. The van der Waals surface area contributed by atoms with E-state index in [0.717, 1.165) is 11.1 Å². The number of carbonyl (C=O) groups is 2. The highest BCUT2D eigenvalue weighted by Gasteiger charge is 2.31. The summed E-state index contributed by atoms with van der Waals surface area (Å²) in [6.45, 7) is 5.89. The van der Waals surface area contributed by atoms with E-state index in [2.05, 4.69) is 20.8 Å². The molecule has 2 heterocycles. The van der Waals surface area contributed by atoms with Crippen molar-refractivity contribution in [3.63, 3.8) is 0 Å². The number of hydrogen-bond donors (Lipinski definition) is 2. The average molecular weight is 402 g/mol. The van der Waals surface area contributed by atoms with E-state index in [9.17, 15) is 9.59 Å². The van der Waals surface area contributed by atoms with Gasteiger partial charge in [-0.05, 0) is 32.4 Å². The number of hydrogen-bond acceptors (Lipinski definition) is 7. The number of rotatable bonds is 7. The van der Waals surface area contributed by atoms with Crippen molar-refractivity contribution in [1.29, 1.82) is 0 Å². The lowest BCUT2D eigenvalue weighted by atomic mass is 10.0. The van der Waals surface area contributed by atoms with Gasteiger partial charge in [0.2, 0.25) is 5.89 Å². The van der Waals surface area contributed by atoms with Crippen molar-refractivity contribution in [2.75, 3.05) is 12.4 Å². The van der Waals surface area contributed by atoms with E-state index >= 15 is 0 Å². The molecule has 2 aromatic rings. The van der Waals surface area contributed by atoms with Gasteiger partial charge in [0.05, 0.1) is 18.2 Å². The molecule has 0 aliphatic carbocycles. The number of nitrogens with zero attached hydrogens (tertiary/aromatic N) is 2. The van der Waals surface area contributed by atoms with Gasteiger partial charge in [-0.1, -0.05) is 36.4 Å². The molecule has 1 atom stereocenters. The van der Waals surface area contributed by atoms with E-state index in [1.807, 2.05) is 38.1 Å². The summed E-state index contributed by atoms with van der Waals surface area (Å²) in [6, 6.07) is 7.03. The second-order valence-corrected chi connectivity index (χ2v) is 7.13. The zero-order valence-electron chi connectivity index (χ0n) is 15.9. The minimum atomic E-state index is -0.441. The number of nitrogens with one attached hydrogen (secondary N) is 2. The number of esters is 1. The molecule has 28 heavy (non-hydrogen) atoms. The third-order valence-electron chi connectivity index (χ3n) is 4.16. The van der Waals surface area contributed by atoms with Crippen molar-refractivity contribution in [3.8, 4) is 11.5 Å². The van der Waals surface area contributed by atoms with Gasteiger partial charge in [-0.15, -0.1) is 10.2 Å². The Morgan fingerprint density at radius 2 is 2.14 bits per heavy atom. The lowest BCUT2D eigenvalue weighted by molar-refractivity contribution is -0.139. The Morgan fingerprint density at radius 3 is 2.86 bits per heavy atom. The molecule has 0 bridgehead atoms. The fraction of sp³-hybridized carbons (Fsp3) is 0.368. The van der Waals surface area contributed by atoms with E-state index in [4.69, 9.17) is 9.15 Å². The summed E-state index contributed by atoms with van der Waals surface area (Å²) in [5.74, 6) is 0.281. The highest BCUT2D eigenvalue weighted by Crippen LogP contribution is 2.27. The molecule has 2 N–H and O–H groups in total. The summed E-state index contributed by atoms with van der Waals surface area (Å²) < 4.78 is 10.9. The van der Waals surface area contributed by atoms with Crippen LogP contribution < -0.4 is 10.6 Å². The second-order valence-electron chi connectivity index (χ2n) is 6.20. The molecule has 0 fully saturated rings. The van der Waals surface area contributed by atoms with Crippen LogP contribution >= 0.6 is 11.8 Å². The minimum absolute atomic E-state index is 0.261. The first-order valence-corrected chi connectivity index (χ1v) is 10.0. The summed E-state index contributed by atoms with van der Waals surface area (Å²) in [4.78, 5) is 24.3. The van der Waals surface area contributed by atoms with Crippen LogP contribution in [0.1, 0.15) is 25.8 Å². The molecule has 0 unspecified atom stereocenters. The monoisotopic (exact) mass is 402 g/mol. The van der Waals surface area contributed by atoms with E-state index < -0.39 is 12.0 Å². The molecule has 8 nitrogen and oxygen atoms in total. The Bertz CT molecular complexity index is 909. The Hall–Kier alpha value is -2.81. The van der Waals surface area contributed by atoms with Gasteiger partial charge in [0, 0.05) is 17.0 Å². The minimum Gasteiger partial charge on any atom is -0.463 e. The zero-order valence-corrected chi connectivity index (χ0v) is 16.8. The summed E-state index contributed by atoms with van der Waals surface area (Å²) in [6.07, 6.45) is 0.577. The van der Waals surface area contributed by atoms with E-state index in [0.29, 0.717) is 34.6 Å². The number of ether oxygens (including phenoxy) is 1. The number of aromatic nitrogens is 2. The first kappa shape index (κ1) is 19.9. The van der Waals surface area contributed by atoms with Gasteiger partial charge in [-0.3, -0.25) is 0 Å². The molecular weight excluding hydrogens is 380 g/mol. The van der Waals surface area contributed by atoms with Crippen LogP contribution in [0.4, 0.5) is 4.79 Å². The molecule has 2 amide bonds. The molecule has 0 saturated heterocycles. The van der Waals surface area contributed by atoms with Gasteiger partial charge < -0.3 is 19.8 Å². The van der Waals surface area contributed by atoms with Crippen LogP contribution in [0.3, 0.4) is 0 Å². The maximum Gasteiger partial charge on any atom is 0.337 e. The van der Waals surface area contributed by atoms with Crippen molar-refractivity contribution in [2.45, 2.75) is 38.5 Å². The van der Waals surface area contributed by atoms with Gasteiger partial charge in [-0.2, -0.15) is 0 Å². The zero-order chi connectivity index (χ0) is 20.1. The third-order valence-corrected chi connectivity index (χ3v) is 5.00. The molecule has 9 heteroatoms. The summed E-state index contributed by atoms with van der Waals surface area (Å²) in [5.41, 5.74) is 2.85. The normalized spacial score (nSPS) is 16.5. The van der Waals surface area contributed by atoms with Crippen molar-refractivity contribution in [1.82, 2.24) is 20.8 Å². The number of thioether (sulfide) groups is 1. The Balaban J connectivity index is 1.79. The highest BCUT2D eigenvalue weighted by molar-refractivity contribution is 7.99. The number of amides is 2.